The largest absolute Gasteiger partial charge is 0.463 e. The minimum absolute atomic E-state index is 0.0122. The normalized spacial score (nSPS) is 22.3. The Balaban J connectivity index is 1.55. The molecular formula is C16H20N6O9S. The first-order valence-electron chi connectivity index (χ1n) is 9.12. The molecule has 3 rings (SSSR count). The maximum absolute atomic E-state index is 12.4. The van der Waals surface area contributed by atoms with Crippen LogP contribution in [-0.2, 0) is 24.6 Å². The SMILES string of the molecule is CO[C@]1(NC(=O)C(C)NC(=O)N2CCN(N=Cc3ccco3)C2=O)CN(S(=O)(=O)O)C1=O. The van der Waals surface area contributed by atoms with E-state index in [2.05, 4.69) is 15.7 Å². The molecular weight excluding hydrogens is 452 g/mol. The smallest absolute Gasteiger partial charge is 0.362 e. The molecule has 32 heavy (non-hydrogen) atoms. The summed E-state index contributed by atoms with van der Waals surface area (Å²) < 4.78 is 41.2. The van der Waals surface area contributed by atoms with Crippen molar-refractivity contribution >= 4 is 40.4 Å². The molecule has 15 nitrogen and oxygen atoms in total. The molecule has 2 aliphatic rings. The van der Waals surface area contributed by atoms with Crippen molar-refractivity contribution in [2.45, 2.75) is 18.7 Å². The van der Waals surface area contributed by atoms with Crippen molar-refractivity contribution in [3.63, 3.8) is 0 Å². The topological polar surface area (TPSA) is 191 Å². The Morgan fingerprint density at radius 2 is 2.09 bits per heavy atom. The summed E-state index contributed by atoms with van der Waals surface area (Å²) in [5.41, 5.74) is -2.01. The summed E-state index contributed by atoms with van der Waals surface area (Å²) in [6, 6.07) is 0.452. The maximum Gasteiger partial charge on any atom is 0.362 e. The number of nitrogens with one attached hydrogen (secondary N) is 2. The van der Waals surface area contributed by atoms with Crippen LogP contribution in [0.3, 0.4) is 0 Å². The van der Waals surface area contributed by atoms with Crippen LogP contribution in [0, 0.1) is 0 Å². The van der Waals surface area contributed by atoms with Gasteiger partial charge in [0.2, 0.25) is 11.6 Å². The summed E-state index contributed by atoms with van der Waals surface area (Å²) in [7, 11) is -3.74. The number of hydrazone groups is 1. The fourth-order valence-corrected chi connectivity index (χ4v) is 3.58. The van der Waals surface area contributed by atoms with Gasteiger partial charge in [0.05, 0.1) is 32.1 Å². The number of β-lactam (4-membered cyclic amide) rings is 1. The number of methoxy groups -OCH3 is 1. The van der Waals surface area contributed by atoms with Gasteiger partial charge in [0.25, 0.3) is 5.91 Å². The van der Waals surface area contributed by atoms with Crippen molar-refractivity contribution in [3.8, 4) is 0 Å². The van der Waals surface area contributed by atoms with Crippen LogP contribution in [-0.4, -0.2) is 95.8 Å². The predicted molar refractivity (Wildman–Crippen MR) is 104 cm³/mol. The van der Waals surface area contributed by atoms with E-state index in [1.54, 1.807) is 12.1 Å². The minimum Gasteiger partial charge on any atom is -0.463 e. The summed E-state index contributed by atoms with van der Waals surface area (Å²) in [6.45, 7) is 0.767. The Morgan fingerprint density at radius 1 is 1.38 bits per heavy atom. The molecule has 0 aromatic carbocycles. The van der Waals surface area contributed by atoms with E-state index in [9.17, 15) is 27.6 Å². The number of amides is 6. The lowest BCUT2D eigenvalue weighted by molar-refractivity contribution is -0.180. The highest BCUT2D eigenvalue weighted by Gasteiger charge is 2.59. The molecule has 0 radical (unpaired) electrons. The zero-order valence-electron chi connectivity index (χ0n) is 16.9. The maximum atomic E-state index is 12.4. The number of hydrogen-bond donors (Lipinski definition) is 3. The van der Waals surface area contributed by atoms with E-state index < -0.39 is 52.5 Å². The Kier molecular flexibility index (Phi) is 6.20. The molecule has 1 aromatic heterocycles. The van der Waals surface area contributed by atoms with Gasteiger partial charge in [-0.25, -0.2) is 23.8 Å². The van der Waals surface area contributed by atoms with Gasteiger partial charge in [-0.15, -0.1) is 0 Å². The van der Waals surface area contributed by atoms with Gasteiger partial charge in [0.15, 0.2) is 0 Å². The van der Waals surface area contributed by atoms with Crippen LogP contribution in [0.15, 0.2) is 27.9 Å². The molecule has 3 heterocycles. The van der Waals surface area contributed by atoms with Gasteiger partial charge in [-0.2, -0.15) is 13.5 Å². The van der Waals surface area contributed by atoms with Crippen molar-refractivity contribution in [3.05, 3.63) is 24.2 Å². The van der Waals surface area contributed by atoms with Gasteiger partial charge in [-0.05, 0) is 19.1 Å². The Labute approximate surface area is 181 Å². The lowest BCUT2D eigenvalue weighted by atomic mass is 10.1. The Hall–Kier alpha value is -3.50. The van der Waals surface area contributed by atoms with Crippen molar-refractivity contribution in [2.24, 2.45) is 5.10 Å². The molecule has 174 valence electrons. The third-order valence-electron chi connectivity index (χ3n) is 4.72. The zero-order valence-corrected chi connectivity index (χ0v) is 17.7. The zero-order chi connectivity index (χ0) is 23.7. The first-order chi connectivity index (χ1) is 15.0. The molecule has 2 saturated heterocycles. The predicted octanol–water partition coefficient (Wildman–Crippen LogP) is -1.45. The molecule has 0 spiro atoms. The van der Waals surface area contributed by atoms with Crippen LogP contribution in [0.2, 0.25) is 0 Å². The van der Waals surface area contributed by atoms with E-state index in [-0.39, 0.29) is 17.4 Å². The van der Waals surface area contributed by atoms with Gasteiger partial charge in [0.1, 0.15) is 11.8 Å². The molecule has 3 N–H and O–H groups in total. The van der Waals surface area contributed by atoms with Crippen LogP contribution in [0.5, 0.6) is 0 Å². The van der Waals surface area contributed by atoms with Gasteiger partial charge in [-0.1, -0.05) is 0 Å². The molecule has 2 fully saturated rings. The van der Waals surface area contributed by atoms with E-state index in [0.717, 1.165) is 17.0 Å². The highest BCUT2D eigenvalue weighted by molar-refractivity contribution is 7.84. The molecule has 2 atom stereocenters. The number of nitrogens with zero attached hydrogens (tertiary/aromatic N) is 4. The van der Waals surface area contributed by atoms with E-state index >= 15 is 0 Å². The highest BCUT2D eigenvalue weighted by Crippen LogP contribution is 2.26. The number of hydrogen-bond acceptors (Lipinski definition) is 9. The van der Waals surface area contributed by atoms with Gasteiger partial charge < -0.3 is 19.8 Å². The van der Waals surface area contributed by atoms with E-state index in [1.165, 1.54) is 19.4 Å². The second kappa shape index (κ2) is 8.56. The van der Waals surface area contributed by atoms with E-state index in [4.69, 9.17) is 13.7 Å². The highest BCUT2D eigenvalue weighted by atomic mass is 32.2. The number of imide groups is 1. The molecule has 1 unspecified atom stereocenters. The number of ether oxygens (including phenoxy) is 1. The number of carbonyl (C=O) groups is 4. The van der Waals surface area contributed by atoms with E-state index in [0.29, 0.717) is 5.76 Å². The number of rotatable bonds is 7. The summed E-state index contributed by atoms with van der Waals surface area (Å²) in [5.74, 6) is -1.67. The summed E-state index contributed by atoms with van der Waals surface area (Å²) in [5, 5.41) is 9.48. The number of urea groups is 2. The Bertz CT molecular complexity index is 1060. The average molecular weight is 472 g/mol. The lowest BCUT2D eigenvalue weighted by Gasteiger charge is -2.45. The van der Waals surface area contributed by atoms with Gasteiger partial charge in [-0.3, -0.25) is 14.1 Å². The first-order valence-corrected chi connectivity index (χ1v) is 10.5. The molecule has 0 aliphatic carbocycles. The van der Waals surface area contributed by atoms with Crippen LogP contribution in [0.25, 0.3) is 0 Å². The summed E-state index contributed by atoms with van der Waals surface area (Å²) in [4.78, 5) is 50.1. The average Bonchev–Trinajstić information content (AvgIpc) is 3.37. The third-order valence-corrected chi connectivity index (χ3v) is 5.58. The monoisotopic (exact) mass is 472 g/mol. The minimum atomic E-state index is -4.80. The first kappa shape index (κ1) is 23.2. The van der Waals surface area contributed by atoms with Gasteiger partial charge >= 0.3 is 22.4 Å². The third kappa shape index (κ3) is 4.41. The number of carbonyl (C=O) groups excluding carboxylic acids is 4. The van der Waals surface area contributed by atoms with Crippen LogP contribution in [0.4, 0.5) is 9.59 Å². The second-order valence-electron chi connectivity index (χ2n) is 6.80. The summed E-state index contributed by atoms with van der Waals surface area (Å²) in [6.07, 6.45) is 2.75. The quantitative estimate of drug-likeness (QED) is 0.184. The molecule has 2 aliphatic heterocycles. The second-order valence-corrected chi connectivity index (χ2v) is 8.13. The van der Waals surface area contributed by atoms with Crippen LogP contribution >= 0.6 is 0 Å². The van der Waals surface area contributed by atoms with Crippen molar-refractivity contribution < 1.29 is 41.3 Å². The number of furan rings is 1. The van der Waals surface area contributed by atoms with Crippen LogP contribution in [0.1, 0.15) is 12.7 Å². The molecule has 0 saturated carbocycles. The lowest BCUT2D eigenvalue weighted by Crippen LogP contribution is -2.77. The van der Waals surface area contributed by atoms with E-state index in [1.807, 2.05) is 0 Å². The molecule has 0 bridgehead atoms. The fourth-order valence-electron chi connectivity index (χ4n) is 2.88. The fraction of sp³-hybridized carbons (Fsp3) is 0.438. The van der Waals surface area contributed by atoms with Crippen LogP contribution < -0.4 is 10.6 Å². The molecule has 6 amide bonds. The van der Waals surface area contributed by atoms with Crippen molar-refractivity contribution in [1.82, 2.24) is 24.8 Å². The standard InChI is InChI=1S/C16H20N6O9S/c1-10(12(23)19-16(30-2)9-22(13(16)24)32(27,28)29)18-14(25)20-5-6-21(15(20)26)17-8-11-4-3-7-31-11/h3-4,7-8,10H,5-6,9H2,1-2H3,(H,18,25)(H,19,23)(H,27,28,29)/t10?,16-/m1/s1. The van der Waals surface area contributed by atoms with Crippen molar-refractivity contribution in [2.75, 3.05) is 26.7 Å². The van der Waals surface area contributed by atoms with Gasteiger partial charge in [0, 0.05) is 7.11 Å². The summed E-state index contributed by atoms with van der Waals surface area (Å²) >= 11 is 0. The molecule has 1 aromatic rings. The Morgan fingerprint density at radius 3 is 2.66 bits per heavy atom. The molecule has 16 heteroatoms. The van der Waals surface area contributed by atoms with Crippen molar-refractivity contribution in [1.29, 1.82) is 0 Å².